The Bertz CT molecular complexity index is 650. The van der Waals surface area contributed by atoms with E-state index >= 15 is 0 Å². The zero-order valence-electron chi connectivity index (χ0n) is 14.3. The number of aliphatic hydroxyl groups excluding tert-OH is 1. The molecule has 0 aliphatic carbocycles. The summed E-state index contributed by atoms with van der Waals surface area (Å²) in [6.45, 7) is 3.57. The molecule has 2 fully saturated rings. The number of piperidine rings is 1. The number of aliphatic hydroxyl groups is 1. The zero-order valence-corrected chi connectivity index (χ0v) is 15.1. The van der Waals surface area contributed by atoms with Crippen LogP contribution in [0, 0.1) is 5.41 Å². The van der Waals surface area contributed by atoms with Gasteiger partial charge in [0.15, 0.2) is 9.84 Å². The third-order valence-corrected chi connectivity index (χ3v) is 6.69. The van der Waals surface area contributed by atoms with E-state index in [0.717, 1.165) is 57.6 Å². The van der Waals surface area contributed by atoms with E-state index in [1.807, 2.05) is 12.1 Å². The van der Waals surface area contributed by atoms with Crippen molar-refractivity contribution in [1.82, 2.24) is 4.90 Å². The first-order valence-corrected chi connectivity index (χ1v) is 10.5. The van der Waals surface area contributed by atoms with Crippen molar-refractivity contribution in [2.24, 2.45) is 5.41 Å². The number of benzene rings is 1. The first-order chi connectivity index (χ1) is 11.4. The Kier molecular flexibility index (Phi) is 5.30. The number of hydrogen-bond donors (Lipinski definition) is 1. The van der Waals surface area contributed by atoms with Gasteiger partial charge in [-0.2, -0.15) is 0 Å². The fourth-order valence-electron chi connectivity index (χ4n) is 3.98. The summed E-state index contributed by atoms with van der Waals surface area (Å²) in [5.41, 5.74) is 1.40. The maximum Gasteiger partial charge on any atom is 0.175 e. The molecule has 134 valence electrons. The highest BCUT2D eigenvalue weighted by Crippen LogP contribution is 2.41. The Morgan fingerprint density at radius 1 is 1.21 bits per heavy atom. The maximum absolute atomic E-state index is 11.6. The van der Waals surface area contributed by atoms with Crippen molar-refractivity contribution in [1.29, 1.82) is 0 Å². The second kappa shape index (κ2) is 7.12. The van der Waals surface area contributed by atoms with E-state index < -0.39 is 9.84 Å². The standard InChI is InChI=1S/C18H27NO4S/c1-24(21,22)17-4-2-15(3-5-17)12-19-14-18(7-6-16(19)13-20)8-10-23-11-9-18/h2-5,16,20H,6-14H2,1H3. The second-order valence-corrected chi connectivity index (χ2v) is 9.32. The van der Waals surface area contributed by atoms with E-state index in [2.05, 4.69) is 4.90 Å². The molecule has 0 bridgehead atoms. The third-order valence-electron chi connectivity index (χ3n) is 5.56. The van der Waals surface area contributed by atoms with Crippen molar-refractivity contribution >= 4 is 9.84 Å². The average molecular weight is 353 g/mol. The molecule has 2 aliphatic heterocycles. The van der Waals surface area contributed by atoms with Crippen LogP contribution in [0.15, 0.2) is 29.2 Å². The van der Waals surface area contributed by atoms with E-state index in [1.54, 1.807) is 12.1 Å². The van der Waals surface area contributed by atoms with Crippen LogP contribution >= 0.6 is 0 Å². The lowest BCUT2D eigenvalue weighted by molar-refractivity contribution is -0.0550. The normalized spacial score (nSPS) is 25.0. The molecule has 2 aliphatic rings. The van der Waals surface area contributed by atoms with Crippen molar-refractivity contribution in [2.75, 3.05) is 32.6 Å². The summed E-state index contributed by atoms with van der Waals surface area (Å²) < 4.78 is 28.7. The van der Waals surface area contributed by atoms with Crippen molar-refractivity contribution in [2.45, 2.75) is 43.2 Å². The Morgan fingerprint density at radius 3 is 2.46 bits per heavy atom. The molecule has 0 amide bonds. The lowest BCUT2D eigenvalue weighted by atomic mass is 9.72. The van der Waals surface area contributed by atoms with Crippen molar-refractivity contribution in [3.63, 3.8) is 0 Å². The molecule has 1 atom stereocenters. The molecule has 24 heavy (non-hydrogen) atoms. The minimum absolute atomic E-state index is 0.175. The first-order valence-electron chi connectivity index (χ1n) is 8.64. The van der Waals surface area contributed by atoms with Crippen molar-refractivity contribution < 1.29 is 18.3 Å². The lowest BCUT2D eigenvalue weighted by Crippen LogP contribution is -2.51. The topological polar surface area (TPSA) is 66.8 Å². The molecule has 2 saturated heterocycles. The van der Waals surface area contributed by atoms with Crippen LogP contribution in [-0.4, -0.2) is 57.1 Å². The molecule has 3 rings (SSSR count). The van der Waals surface area contributed by atoms with Crippen LogP contribution < -0.4 is 0 Å². The van der Waals surface area contributed by atoms with Gasteiger partial charge in [0.2, 0.25) is 0 Å². The van der Waals surface area contributed by atoms with E-state index in [9.17, 15) is 13.5 Å². The minimum Gasteiger partial charge on any atom is -0.395 e. The molecule has 1 aromatic rings. The molecule has 1 unspecified atom stereocenters. The second-order valence-electron chi connectivity index (χ2n) is 7.31. The SMILES string of the molecule is CS(=O)(=O)c1ccc(CN2CC3(CCOCC3)CCC2CO)cc1. The number of sulfone groups is 1. The van der Waals surface area contributed by atoms with Crippen LogP contribution in [0.5, 0.6) is 0 Å². The van der Waals surface area contributed by atoms with Gasteiger partial charge in [-0.15, -0.1) is 0 Å². The smallest absolute Gasteiger partial charge is 0.175 e. The van der Waals surface area contributed by atoms with Gasteiger partial charge >= 0.3 is 0 Å². The quantitative estimate of drug-likeness (QED) is 0.895. The molecular formula is C18H27NO4S. The molecule has 1 aromatic carbocycles. The molecule has 5 nitrogen and oxygen atoms in total. The fraction of sp³-hybridized carbons (Fsp3) is 0.667. The summed E-state index contributed by atoms with van der Waals surface area (Å²) in [4.78, 5) is 2.72. The van der Waals surface area contributed by atoms with Crippen LogP contribution in [0.2, 0.25) is 0 Å². The lowest BCUT2D eigenvalue weighted by Gasteiger charge is -2.48. The van der Waals surface area contributed by atoms with Crippen LogP contribution in [0.4, 0.5) is 0 Å². The van der Waals surface area contributed by atoms with Crippen LogP contribution in [0.1, 0.15) is 31.2 Å². The van der Waals surface area contributed by atoms with Gasteiger partial charge in [-0.1, -0.05) is 12.1 Å². The molecule has 2 heterocycles. The highest BCUT2D eigenvalue weighted by molar-refractivity contribution is 7.90. The van der Waals surface area contributed by atoms with Gasteiger partial charge in [0.05, 0.1) is 11.5 Å². The summed E-state index contributed by atoms with van der Waals surface area (Å²) in [6.07, 6.45) is 5.58. The van der Waals surface area contributed by atoms with E-state index in [0.29, 0.717) is 10.3 Å². The number of nitrogens with zero attached hydrogens (tertiary/aromatic N) is 1. The van der Waals surface area contributed by atoms with E-state index in [1.165, 1.54) is 6.26 Å². The Hall–Kier alpha value is -0.950. The molecule has 0 saturated carbocycles. The third kappa shape index (κ3) is 3.99. The van der Waals surface area contributed by atoms with Gasteiger partial charge in [0.25, 0.3) is 0 Å². The van der Waals surface area contributed by atoms with Crippen molar-refractivity contribution in [3.8, 4) is 0 Å². The Labute approximate surface area is 144 Å². The van der Waals surface area contributed by atoms with Gasteiger partial charge < -0.3 is 9.84 Å². The minimum atomic E-state index is -3.16. The van der Waals surface area contributed by atoms with Crippen molar-refractivity contribution in [3.05, 3.63) is 29.8 Å². The Balaban J connectivity index is 1.73. The Morgan fingerprint density at radius 2 is 1.88 bits per heavy atom. The highest BCUT2D eigenvalue weighted by atomic mass is 32.2. The summed E-state index contributed by atoms with van der Waals surface area (Å²) in [5.74, 6) is 0. The van der Waals surface area contributed by atoms with Crippen LogP contribution in [-0.2, 0) is 21.1 Å². The number of ether oxygens (including phenoxy) is 1. The zero-order chi connectivity index (χ0) is 17.2. The first kappa shape index (κ1) is 17.9. The van der Waals surface area contributed by atoms with Gasteiger partial charge in [0.1, 0.15) is 0 Å². The predicted octanol–water partition coefficient (Wildman–Crippen LogP) is 1.84. The van der Waals surface area contributed by atoms with E-state index in [-0.39, 0.29) is 12.6 Å². The van der Waals surface area contributed by atoms with Crippen LogP contribution in [0.25, 0.3) is 0 Å². The molecule has 6 heteroatoms. The molecular weight excluding hydrogens is 326 g/mol. The summed E-state index contributed by atoms with van der Waals surface area (Å²) >= 11 is 0. The molecule has 1 N–H and O–H groups in total. The van der Waals surface area contributed by atoms with Gasteiger partial charge in [-0.25, -0.2) is 8.42 Å². The molecule has 1 spiro atoms. The summed E-state index contributed by atoms with van der Waals surface area (Å²) in [7, 11) is -3.16. The van der Waals surface area contributed by atoms with E-state index in [4.69, 9.17) is 4.74 Å². The number of likely N-dealkylation sites (tertiary alicyclic amines) is 1. The highest BCUT2D eigenvalue weighted by Gasteiger charge is 2.40. The summed E-state index contributed by atoms with van der Waals surface area (Å²) in [5, 5.41) is 9.73. The number of rotatable bonds is 4. The van der Waals surface area contributed by atoms with Gasteiger partial charge in [-0.05, 0) is 48.8 Å². The molecule has 0 radical (unpaired) electrons. The summed E-state index contributed by atoms with van der Waals surface area (Å²) in [6, 6.07) is 7.30. The fourth-order valence-corrected chi connectivity index (χ4v) is 4.61. The van der Waals surface area contributed by atoms with Gasteiger partial charge in [0, 0.05) is 38.6 Å². The number of hydrogen-bond acceptors (Lipinski definition) is 5. The van der Waals surface area contributed by atoms with Gasteiger partial charge in [-0.3, -0.25) is 4.90 Å². The average Bonchev–Trinajstić information content (AvgIpc) is 2.56. The monoisotopic (exact) mass is 353 g/mol. The largest absolute Gasteiger partial charge is 0.395 e. The van der Waals surface area contributed by atoms with Crippen LogP contribution in [0.3, 0.4) is 0 Å². The maximum atomic E-state index is 11.6. The predicted molar refractivity (Wildman–Crippen MR) is 92.6 cm³/mol. The molecule has 0 aromatic heterocycles.